The average molecular weight is 485 g/mol. The van der Waals surface area contributed by atoms with Gasteiger partial charge >= 0.3 is 5.69 Å². The molecule has 6 nitrogen and oxygen atoms in total. The minimum atomic E-state index is -0.268. The minimum Gasteiger partial charge on any atom is -0.325 e. The second-order valence-electron chi connectivity index (χ2n) is 7.12. The number of anilines is 1. The van der Waals surface area contributed by atoms with E-state index in [0.717, 1.165) is 52.7 Å². The van der Waals surface area contributed by atoms with Crippen LogP contribution in [0.5, 0.6) is 0 Å². The first-order valence-electron chi connectivity index (χ1n) is 9.80. The number of hydrogen-bond donors (Lipinski definition) is 1. The number of nitrogens with zero attached hydrogens (tertiary/aromatic N) is 3. The smallest absolute Gasteiger partial charge is 0.325 e. The van der Waals surface area contributed by atoms with E-state index in [9.17, 15) is 9.59 Å². The highest BCUT2D eigenvalue weighted by Gasteiger charge is 2.21. The first kappa shape index (κ1) is 20.8. The lowest BCUT2D eigenvalue weighted by Crippen LogP contribution is -2.30. The summed E-state index contributed by atoms with van der Waals surface area (Å²) < 4.78 is 2.72. The zero-order valence-electron chi connectivity index (χ0n) is 16.3. The molecule has 0 spiro atoms. The zero-order valence-corrected chi connectivity index (χ0v) is 18.7. The van der Waals surface area contributed by atoms with Crippen molar-refractivity contribution in [3.8, 4) is 0 Å². The summed E-state index contributed by atoms with van der Waals surface area (Å²) in [4.78, 5) is 33.6. The number of rotatable bonds is 6. The molecule has 0 saturated heterocycles. The Labute approximate surface area is 187 Å². The van der Waals surface area contributed by atoms with Gasteiger partial charge in [0.25, 0.3) is 0 Å². The molecule has 0 saturated carbocycles. The third-order valence-electron chi connectivity index (χ3n) is 4.98. The number of hydrogen-bond acceptors (Lipinski definition) is 5. The van der Waals surface area contributed by atoms with Crippen molar-refractivity contribution in [1.29, 1.82) is 0 Å². The van der Waals surface area contributed by atoms with Gasteiger partial charge in [-0.1, -0.05) is 33.8 Å². The van der Waals surface area contributed by atoms with E-state index >= 15 is 0 Å². The van der Waals surface area contributed by atoms with Crippen LogP contribution >= 0.6 is 27.7 Å². The summed E-state index contributed by atoms with van der Waals surface area (Å²) >= 11 is 4.72. The van der Waals surface area contributed by atoms with Crippen molar-refractivity contribution in [2.24, 2.45) is 0 Å². The van der Waals surface area contributed by atoms with E-state index < -0.39 is 0 Å². The van der Waals surface area contributed by atoms with Crippen LogP contribution in [0.4, 0.5) is 5.69 Å². The quantitative estimate of drug-likeness (QED) is 0.421. The van der Waals surface area contributed by atoms with Crippen LogP contribution in [0, 0.1) is 0 Å². The molecule has 2 aromatic heterocycles. The first-order valence-corrected chi connectivity index (χ1v) is 11.6. The Bertz CT molecular complexity index is 1100. The Hall–Kier alpha value is -2.45. The monoisotopic (exact) mass is 484 g/mol. The van der Waals surface area contributed by atoms with Gasteiger partial charge < -0.3 is 5.32 Å². The summed E-state index contributed by atoms with van der Waals surface area (Å²) in [5.41, 5.74) is 3.59. The van der Waals surface area contributed by atoms with Crippen molar-refractivity contribution in [3.63, 3.8) is 0 Å². The van der Waals surface area contributed by atoms with E-state index in [1.807, 2.05) is 36.4 Å². The predicted molar refractivity (Wildman–Crippen MR) is 122 cm³/mol. The molecule has 4 rings (SSSR count). The Morgan fingerprint density at radius 3 is 2.73 bits per heavy atom. The van der Waals surface area contributed by atoms with E-state index in [2.05, 4.69) is 31.2 Å². The molecule has 2 heterocycles. The fourth-order valence-corrected chi connectivity index (χ4v) is 4.71. The van der Waals surface area contributed by atoms with Gasteiger partial charge in [-0.25, -0.2) is 4.79 Å². The number of pyridine rings is 1. The number of nitrogens with one attached hydrogen (secondary N) is 1. The lowest BCUT2D eigenvalue weighted by Gasteiger charge is -2.22. The Balaban J connectivity index is 1.52. The number of fused-ring (bicyclic) bond motifs is 1. The van der Waals surface area contributed by atoms with E-state index in [0.29, 0.717) is 11.6 Å². The molecule has 1 amide bonds. The Kier molecular flexibility index (Phi) is 6.64. The van der Waals surface area contributed by atoms with Crippen LogP contribution in [0.1, 0.15) is 29.7 Å². The molecule has 0 unspecified atom stereocenters. The van der Waals surface area contributed by atoms with Gasteiger partial charge in [0.15, 0.2) is 0 Å². The van der Waals surface area contributed by atoms with Crippen molar-refractivity contribution in [2.75, 3.05) is 11.1 Å². The van der Waals surface area contributed by atoms with Crippen molar-refractivity contribution < 1.29 is 4.79 Å². The van der Waals surface area contributed by atoms with Crippen molar-refractivity contribution in [3.05, 3.63) is 80.6 Å². The molecule has 1 aromatic carbocycles. The summed E-state index contributed by atoms with van der Waals surface area (Å²) in [6.07, 6.45) is 7.35. The molecular formula is C22H21BrN4O2S. The van der Waals surface area contributed by atoms with E-state index in [1.165, 1.54) is 11.8 Å². The second-order valence-corrected chi connectivity index (χ2v) is 9.00. The number of halogens is 1. The van der Waals surface area contributed by atoms with Crippen molar-refractivity contribution >= 4 is 39.3 Å². The number of amides is 1. The van der Waals surface area contributed by atoms with Crippen LogP contribution in [0.25, 0.3) is 0 Å². The summed E-state index contributed by atoms with van der Waals surface area (Å²) in [6, 6.07) is 11.3. The highest BCUT2D eigenvalue weighted by atomic mass is 79.9. The summed E-state index contributed by atoms with van der Waals surface area (Å²) in [5, 5.41) is 3.56. The zero-order chi connectivity index (χ0) is 20.9. The Morgan fingerprint density at radius 2 is 1.97 bits per heavy atom. The van der Waals surface area contributed by atoms with Crippen LogP contribution in [-0.4, -0.2) is 26.2 Å². The second kappa shape index (κ2) is 9.57. The van der Waals surface area contributed by atoms with Gasteiger partial charge in [0.05, 0.1) is 12.3 Å². The molecular weight excluding hydrogens is 464 g/mol. The number of thioether (sulfide) groups is 1. The number of carbonyl (C=O) groups is 1. The van der Waals surface area contributed by atoms with Crippen molar-refractivity contribution in [2.45, 2.75) is 37.3 Å². The molecule has 1 aliphatic carbocycles. The molecule has 0 atom stereocenters. The van der Waals surface area contributed by atoms with Gasteiger partial charge in [-0.3, -0.25) is 14.3 Å². The molecule has 30 heavy (non-hydrogen) atoms. The molecule has 8 heteroatoms. The van der Waals surface area contributed by atoms with E-state index in [1.54, 1.807) is 17.0 Å². The molecule has 1 N–H and O–H groups in total. The van der Waals surface area contributed by atoms with Gasteiger partial charge in [0.1, 0.15) is 5.03 Å². The van der Waals surface area contributed by atoms with Gasteiger partial charge in [-0.05, 0) is 61.6 Å². The molecule has 0 radical (unpaired) electrons. The highest BCUT2D eigenvalue weighted by Crippen LogP contribution is 2.29. The van der Waals surface area contributed by atoms with Crippen molar-refractivity contribution in [1.82, 2.24) is 14.5 Å². The summed E-state index contributed by atoms with van der Waals surface area (Å²) in [5.74, 6) is 0.0925. The SMILES string of the molecule is O=C(CSc1nc(=O)n(Cc2cccnc2)c2c1CCCC2)Nc1ccc(Br)cc1. The van der Waals surface area contributed by atoms with E-state index in [4.69, 9.17) is 0 Å². The molecule has 0 bridgehead atoms. The number of aromatic nitrogens is 3. The first-order chi connectivity index (χ1) is 14.6. The molecule has 0 aliphatic heterocycles. The minimum absolute atomic E-state index is 0.117. The predicted octanol–water partition coefficient (Wildman–Crippen LogP) is 4.06. The molecule has 154 valence electrons. The fraction of sp³-hybridized carbons (Fsp3) is 0.273. The molecule has 0 fully saturated rings. The number of benzene rings is 1. The molecule has 3 aromatic rings. The lowest BCUT2D eigenvalue weighted by molar-refractivity contribution is -0.113. The van der Waals surface area contributed by atoms with E-state index in [-0.39, 0.29) is 17.3 Å². The maximum Gasteiger partial charge on any atom is 0.349 e. The fourth-order valence-electron chi connectivity index (χ4n) is 3.57. The largest absolute Gasteiger partial charge is 0.349 e. The van der Waals surface area contributed by atoms with Crippen LogP contribution in [-0.2, 0) is 24.2 Å². The average Bonchev–Trinajstić information content (AvgIpc) is 2.77. The number of carbonyl (C=O) groups excluding carboxylic acids is 1. The topological polar surface area (TPSA) is 76.9 Å². The molecule has 1 aliphatic rings. The van der Waals surface area contributed by atoms with Crippen LogP contribution in [0.15, 0.2) is 63.1 Å². The van der Waals surface area contributed by atoms with Gasteiger partial charge in [0.2, 0.25) is 5.91 Å². The summed E-state index contributed by atoms with van der Waals surface area (Å²) in [7, 11) is 0. The summed E-state index contributed by atoms with van der Waals surface area (Å²) in [6.45, 7) is 0.469. The maximum absolute atomic E-state index is 12.8. The maximum atomic E-state index is 12.8. The van der Waals surface area contributed by atoms with Gasteiger partial charge in [0, 0.05) is 33.8 Å². The third-order valence-corrected chi connectivity index (χ3v) is 6.53. The van der Waals surface area contributed by atoms with Crippen LogP contribution < -0.4 is 11.0 Å². The third kappa shape index (κ3) is 4.99. The normalized spacial score (nSPS) is 13.0. The Morgan fingerprint density at radius 1 is 1.17 bits per heavy atom. The van der Waals surface area contributed by atoms with Crippen LogP contribution in [0.2, 0.25) is 0 Å². The van der Waals surface area contributed by atoms with Gasteiger partial charge in [-0.2, -0.15) is 4.98 Å². The standard InChI is InChI=1S/C22H21BrN4O2S/c23-16-7-9-17(10-8-16)25-20(28)14-30-21-18-5-1-2-6-19(18)27(22(29)26-21)13-15-4-3-11-24-12-15/h3-4,7-12H,1-2,5-6,13-14H2,(H,25,28). The highest BCUT2D eigenvalue weighted by molar-refractivity contribution is 9.10. The lowest BCUT2D eigenvalue weighted by atomic mass is 9.97. The van der Waals surface area contributed by atoms with Crippen LogP contribution in [0.3, 0.4) is 0 Å². The van der Waals surface area contributed by atoms with Gasteiger partial charge in [-0.15, -0.1) is 0 Å².